The van der Waals surface area contributed by atoms with Crippen LogP contribution in [0.4, 0.5) is 5.69 Å². The first-order chi connectivity index (χ1) is 10.5. The van der Waals surface area contributed by atoms with Crippen molar-refractivity contribution in [2.45, 2.75) is 25.8 Å². The third-order valence-corrected chi connectivity index (χ3v) is 6.02. The number of hydrogen-bond donors (Lipinski definition) is 1. The molecule has 4 rings (SSSR count). The van der Waals surface area contributed by atoms with E-state index in [9.17, 15) is 4.21 Å². The molecule has 2 aliphatic rings. The number of nitrogens with two attached hydrogens (primary N) is 1. The Balaban J connectivity index is 1.47. The number of aromatic nitrogens is 2. The molecule has 1 unspecified atom stereocenters. The lowest BCUT2D eigenvalue weighted by molar-refractivity contribution is 0.0228. The molecule has 6 nitrogen and oxygen atoms in total. The lowest BCUT2D eigenvalue weighted by Crippen LogP contribution is -2.66. The maximum atomic E-state index is 11.3. The molecule has 0 radical (unpaired) electrons. The van der Waals surface area contributed by atoms with Gasteiger partial charge in [0.2, 0.25) is 0 Å². The first-order valence-corrected chi connectivity index (χ1v) is 8.73. The Morgan fingerprint density at radius 2 is 2.18 bits per heavy atom. The second kappa shape index (κ2) is 4.78. The summed E-state index contributed by atoms with van der Waals surface area (Å²) in [6, 6.07) is 4.64. The minimum Gasteiger partial charge on any atom is -0.368 e. The van der Waals surface area contributed by atoms with E-state index in [0.717, 1.165) is 25.9 Å². The Labute approximate surface area is 132 Å². The number of fused-ring (bicyclic) bond motifs is 1. The lowest BCUT2D eigenvalue weighted by atomic mass is 9.60. The Kier molecular flexibility index (Phi) is 3.08. The zero-order chi connectivity index (χ0) is 15.5. The van der Waals surface area contributed by atoms with Crippen LogP contribution < -0.4 is 10.0 Å². The highest BCUT2D eigenvalue weighted by molar-refractivity contribution is 7.80. The molecule has 2 fully saturated rings. The molecule has 1 aliphatic carbocycles. The van der Waals surface area contributed by atoms with Crippen molar-refractivity contribution < 1.29 is 4.21 Å². The van der Waals surface area contributed by atoms with Crippen molar-refractivity contribution in [2.75, 3.05) is 25.0 Å². The van der Waals surface area contributed by atoms with Gasteiger partial charge in [-0.05, 0) is 37.5 Å². The highest BCUT2D eigenvalue weighted by Crippen LogP contribution is 2.51. The Hall–Kier alpha value is -1.44. The van der Waals surface area contributed by atoms with Crippen LogP contribution in [0.3, 0.4) is 0 Å². The van der Waals surface area contributed by atoms with Crippen LogP contribution >= 0.6 is 0 Å². The second-order valence-electron chi connectivity index (χ2n) is 6.80. The van der Waals surface area contributed by atoms with E-state index in [1.54, 1.807) is 4.31 Å². The summed E-state index contributed by atoms with van der Waals surface area (Å²) in [5.74, 6) is 0. The number of nitrogens with zero attached hydrogens (tertiary/aromatic N) is 4. The summed E-state index contributed by atoms with van der Waals surface area (Å²) < 4.78 is 15.1. The van der Waals surface area contributed by atoms with Gasteiger partial charge in [0, 0.05) is 44.0 Å². The van der Waals surface area contributed by atoms with E-state index >= 15 is 0 Å². The van der Waals surface area contributed by atoms with Crippen molar-refractivity contribution in [1.29, 1.82) is 0 Å². The molecule has 22 heavy (non-hydrogen) atoms. The van der Waals surface area contributed by atoms with Gasteiger partial charge >= 0.3 is 0 Å². The lowest BCUT2D eigenvalue weighted by Gasteiger charge is -2.61. The molecule has 2 N–H and O–H groups in total. The summed E-state index contributed by atoms with van der Waals surface area (Å²) in [5, 5.41) is 9.82. The fourth-order valence-corrected chi connectivity index (χ4v) is 4.38. The van der Waals surface area contributed by atoms with Gasteiger partial charge in [-0.1, -0.05) is 0 Å². The average Bonchev–Trinajstić information content (AvgIpc) is 2.75. The molecule has 7 heteroatoms. The highest BCUT2D eigenvalue weighted by atomic mass is 32.2. The van der Waals surface area contributed by atoms with Gasteiger partial charge in [-0.25, -0.2) is 18.2 Å². The van der Waals surface area contributed by atoms with E-state index in [1.165, 1.54) is 16.8 Å². The van der Waals surface area contributed by atoms with Crippen molar-refractivity contribution in [1.82, 2.24) is 13.9 Å². The fourth-order valence-electron chi connectivity index (χ4n) is 3.93. The monoisotopic (exact) mass is 319 g/mol. The molecule has 1 aliphatic heterocycles. The molecule has 2 aromatic rings. The van der Waals surface area contributed by atoms with Crippen LogP contribution in [0.15, 0.2) is 24.5 Å². The van der Waals surface area contributed by atoms with Crippen molar-refractivity contribution in [3.8, 4) is 0 Å². The maximum absolute atomic E-state index is 11.3. The maximum Gasteiger partial charge on any atom is 0.167 e. The van der Waals surface area contributed by atoms with Crippen LogP contribution in [0, 0.1) is 12.3 Å². The average molecular weight is 319 g/mol. The van der Waals surface area contributed by atoms with Gasteiger partial charge in [0.25, 0.3) is 0 Å². The van der Waals surface area contributed by atoms with Crippen molar-refractivity contribution in [2.24, 2.45) is 10.6 Å². The zero-order valence-electron chi connectivity index (χ0n) is 12.9. The van der Waals surface area contributed by atoms with E-state index < -0.39 is 11.2 Å². The molecule has 0 aromatic carbocycles. The van der Waals surface area contributed by atoms with Crippen LogP contribution in [0.25, 0.3) is 5.52 Å². The molecular formula is C15H21N5OS. The molecule has 1 spiro atoms. The third kappa shape index (κ3) is 2.07. The molecular weight excluding hydrogens is 298 g/mol. The van der Waals surface area contributed by atoms with Gasteiger partial charge < -0.3 is 4.90 Å². The van der Waals surface area contributed by atoms with Crippen LogP contribution in [-0.4, -0.2) is 44.3 Å². The van der Waals surface area contributed by atoms with Gasteiger partial charge in [-0.3, -0.25) is 0 Å². The summed E-state index contributed by atoms with van der Waals surface area (Å²) >= 11 is -1.35. The van der Waals surface area contributed by atoms with E-state index in [1.807, 2.05) is 17.8 Å². The van der Waals surface area contributed by atoms with E-state index in [2.05, 4.69) is 35.3 Å². The summed E-state index contributed by atoms with van der Waals surface area (Å²) in [5.41, 5.74) is 4.05. The van der Waals surface area contributed by atoms with Crippen molar-refractivity contribution in [3.63, 3.8) is 0 Å². The number of hydrogen-bond acceptors (Lipinski definition) is 3. The molecule has 1 atom stereocenters. The first-order valence-electron chi connectivity index (χ1n) is 7.56. The van der Waals surface area contributed by atoms with Crippen LogP contribution in [-0.2, 0) is 11.2 Å². The SMILES string of the molecule is Cc1cc2c(N3CC4(CC(N(C)S(N)=O)C4)C3)ccnn2c1. The summed E-state index contributed by atoms with van der Waals surface area (Å²) in [6.07, 6.45) is 6.09. The van der Waals surface area contributed by atoms with Crippen molar-refractivity contribution in [3.05, 3.63) is 30.1 Å². The van der Waals surface area contributed by atoms with Crippen LogP contribution in [0.5, 0.6) is 0 Å². The van der Waals surface area contributed by atoms with Gasteiger partial charge in [0.1, 0.15) is 0 Å². The summed E-state index contributed by atoms with van der Waals surface area (Å²) in [4.78, 5) is 2.42. The number of rotatable bonds is 3. The Morgan fingerprint density at radius 3 is 2.86 bits per heavy atom. The largest absolute Gasteiger partial charge is 0.368 e. The van der Waals surface area contributed by atoms with Gasteiger partial charge in [-0.15, -0.1) is 0 Å². The normalized spacial score (nSPS) is 22.1. The van der Waals surface area contributed by atoms with Crippen LogP contribution in [0.2, 0.25) is 0 Å². The zero-order valence-corrected chi connectivity index (χ0v) is 13.7. The molecule has 2 aromatic heterocycles. The molecule has 0 bridgehead atoms. The highest BCUT2D eigenvalue weighted by Gasteiger charge is 2.54. The quantitative estimate of drug-likeness (QED) is 0.920. The molecule has 1 saturated carbocycles. The minimum absolute atomic E-state index is 0.362. The topological polar surface area (TPSA) is 66.9 Å². The number of anilines is 1. The predicted octanol–water partition coefficient (Wildman–Crippen LogP) is 1.08. The van der Waals surface area contributed by atoms with Gasteiger partial charge in [-0.2, -0.15) is 5.10 Å². The third-order valence-electron chi connectivity index (χ3n) is 5.15. The Bertz CT molecular complexity index is 743. The fraction of sp³-hybridized carbons (Fsp3) is 0.533. The van der Waals surface area contributed by atoms with Crippen LogP contribution in [0.1, 0.15) is 18.4 Å². The minimum atomic E-state index is -1.35. The molecule has 3 heterocycles. The first kappa shape index (κ1) is 14.2. The van der Waals surface area contributed by atoms with Crippen molar-refractivity contribution >= 4 is 22.4 Å². The predicted molar refractivity (Wildman–Crippen MR) is 87.7 cm³/mol. The standard InChI is InChI=1S/C15H21N5OS/c1-11-5-14-13(3-4-17-20(14)8-11)19-9-15(10-19)6-12(7-15)18(2)22(16)21/h3-5,8,12H,6-7,9-10,16H2,1-2H3. The van der Waals surface area contributed by atoms with E-state index in [0.29, 0.717) is 11.5 Å². The second-order valence-corrected chi connectivity index (χ2v) is 7.93. The van der Waals surface area contributed by atoms with Gasteiger partial charge in [0.05, 0.1) is 11.2 Å². The molecule has 118 valence electrons. The summed E-state index contributed by atoms with van der Waals surface area (Å²) in [7, 11) is 1.85. The van der Waals surface area contributed by atoms with E-state index in [4.69, 9.17) is 5.14 Å². The molecule has 1 saturated heterocycles. The molecule has 0 amide bonds. The Morgan fingerprint density at radius 1 is 1.45 bits per heavy atom. The van der Waals surface area contributed by atoms with E-state index in [-0.39, 0.29) is 0 Å². The van der Waals surface area contributed by atoms with Gasteiger partial charge in [0.15, 0.2) is 11.2 Å². The summed E-state index contributed by atoms with van der Waals surface area (Å²) in [6.45, 7) is 4.23. The number of aryl methyl sites for hydroxylation is 1. The smallest absolute Gasteiger partial charge is 0.167 e.